The van der Waals surface area contributed by atoms with E-state index in [0.29, 0.717) is 11.5 Å². The van der Waals surface area contributed by atoms with Crippen LogP contribution >= 0.6 is 0 Å². The van der Waals surface area contributed by atoms with E-state index in [1.54, 1.807) is 35.4 Å². The fourth-order valence-corrected chi connectivity index (χ4v) is 0.970. The number of aromatic nitrogens is 4. The Balaban J connectivity index is 2.33. The summed E-state index contributed by atoms with van der Waals surface area (Å²) < 4.78 is 1.74. The van der Waals surface area contributed by atoms with Crippen molar-refractivity contribution in [1.82, 2.24) is 19.7 Å². The molecule has 2 heterocycles. The van der Waals surface area contributed by atoms with Gasteiger partial charge >= 0.3 is 0 Å². The fraction of sp³-hybridized carbons (Fsp3) is 0.125. The van der Waals surface area contributed by atoms with Gasteiger partial charge in [0.25, 0.3) is 0 Å². The van der Waals surface area contributed by atoms with Gasteiger partial charge in [0, 0.05) is 12.4 Å². The van der Waals surface area contributed by atoms with Crippen molar-refractivity contribution in [2.75, 3.05) is 0 Å². The number of hydrogen-bond acceptors (Lipinski definition) is 4. The second-order valence-electron chi connectivity index (χ2n) is 2.51. The smallest absolute Gasteiger partial charge is 0.160 e. The van der Waals surface area contributed by atoms with Crippen molar-refractivity contribution < 1.29 is 5.11 Å². The molecule has 0 amide bonds. The molecule has 0 saturated heterocycles. The van der Waals surface area contributed by atoms with Gasteiger partial charge in [-0.3, -0.25) is 4.57 Å². The third-order valence-electron chi connectivity index (χ3n) is 1.64. The summed E-state index contributed by atoms with van der Waals surface area (Å²) in [7, 11) is 0. The lowest BCUT2D eigenvalue weighted by molar-refractivity contribution is 0.275. The van der Waals surface area contributed by atoms with Gasteiger partial charge in [0.15, 0.2) is 5.82 Å². The van der Waals surface area contributed by atoms with Crippen LogP contribution < -0.4 is 0 Å². The molecule has 0 unspecified atom stereocenters. The van der Waals surface area contributed by atoms with E-state index in [4.69, 9.17) is 5.11 Å². The Morgan fingerprint density at radius 3 is 2.77 bits per heavy atom. The molecule has 0 saturated carbocycles. The number of imidazole rings is 1. The first-order chi connectivity index (χ1) is 6.40. The topological polar surface area (TPSA) is 63.8 Å². The average molecular weight is 176 g/mol. The lowest BCUT2D eigenvalue weighted by Crippen LogP contribution is -1.99. The zero-order valence-corrected chi connectivity index (χ0v) is 6.83. The predicted octanol–water partition coefficient (Wildman–Crippen LogP) is 0.155. The third kappa shape index (κ3) is 1.54. The lowest BCUT2D eigenvalue weighted by Gasteiger charge is -1.99. The molecule has 0 spiro atoms. The first kappa shape index (κ1) is 7.88. The molecule has 66 valence electrons. The van der Waals surface area contributed by atoms with E-state index in [0.717, 1.165) is 0 Å². The maximum atomic E-state index is 8.74. The van der Waals surface area contributed by atoms with Crippen LogP contribution in [0.3, 0.4) is 0 Å². The van der Waals surface area contributed by atoms with E-state index in [1.165, 1.54) is 0 Å². The molecule has 1 N–H and O–H groups in total. The van der Waals surface area contributed by atoms with Crippen LogP contribution in [0.25, 0.3) is 5.82 Å². The molecule has 0 aliphatic heterocycles. The molecule has 2 aromatic rings. The summed E-state index contributed by atoms with van der Waals surface area (Å²) in [6.07, 6.45) is 5.09. The van der Waals surface area contributed by atoms with E-state index >= 15 is 0 Å². The van der Waals surface area contributed by atoms with E-state index in [9.17, 15) is 0 Å². The second kappa shape index (κ2) is 3.32. The fourth-order valence-electron chi connectivity index (χ4n) is 0.970. The summed E-state index contributed by atoms with van der Waals surface area (Å²) in [4.78, 5) is 3.89. The van der Waals surface area contributed by atoms with E-state index < -0.39 is 0 Å². The zero-order chi connectivity index (χ0) is 9.10. The molecule has 0 aliphatic rings. The van der Waals surface area contributed by atoms with Gasteiger partial charge in [0.1, 0.15) is 6.33 Å². The summed E-state index contributed by atoms with van der Waals surface area (Å²) in [6, 6.07) is 3.50. The minimum atomic E-state index is -0.0861. The molecular weight excluding hydrogens is 168 g/mol. The van der Waals surface area contributed by atoms with Crippen molar-refractivity contribution in [2.45, 2.75) is 6.61 Å². The average Bonchev–Trinajstić information content (AvgIpc) is 2.71. The van der Waals surface area contributed by atoms with Gasteiger partial charge in [-0.05, 0) is 12.1 Å². The van der Waals surface area contributed by atoms with Crippen molar-refractivity contribution in [3.63, 3.8) is 0 Å². The standard InChI is InChI=1S/C8H8N4O/c13-5-7-1-2-8(11-10-7)12-4-3-9-6-12/h1-4,6,13H,5H2. The Hall–Kier alpha value is -1.75. The number of aliphatic hydroxyl groups excluding tert-OH is 1. The van der Waals surface area contributed by atoms with Gasteiger partial charge in [-0.2, -0.15) is 5.10 Å². The molecule has 2 aromatic heterocycles. The van der Waals surface area contributed by atoms with E-state index in [-0.39, 0.29) is 6.61 Å². The van der Waals surface area contributed by atoms with E-state index in [2.05, 4.69) is 15.2 Å². The summed E-state index contributed by atoms with van der Waals surface area (Å²) in [5.74, 6) is 0.690. The molecule has 0 aromatic carbocycles. The Kier molecular flexibility index (Phi) is 2.01. The summed E-state index contributed by atoms with van der Waals surface area (Å²) >= 11 is 0. The number of hydrogen-bond donors (Lipinski definition) is 1. The molecular formula is C8H8N4O. The molecule has 0 aliphatic carbocycles. The molecule has 0 atom stereocenters. The number of rotatable bonds is 2. The van der Waals surface area contributed by atoms with Gasteiger partial charge in [-0.1, -0.05) is 0 Å². The highest BCUT2D eigenvalue weighted by Crippen LogP contribution is 2.01. The van der Waals surface area contributed by atoms with Crippen LogP contribution in [0.15, 0.2) is 30.9 Å². The van der Waals surface area contributed by atoms with Crippen molar-refractivity contribution in [3.05, 3.63) is 36.5 Å². The molecule has 13 heavy (non-hydrogen) atoms. The molecule has 0 bridgehead atoms. The van der Waals surface area contributed by atoms with Crippen LogP contribution in [-0.2, 0) is 6.61 Å². The van der Waals surface area contributed by atoms with Gasteiger partial charge in [-0.15, -0.1) is 5.10 Å². The van der Waals surface area contributed by atoms with Gasteiger partial charge in [-0.25, -0.2) is 4.98 Å². The van der Waals surface area contributed by atoms with Gasteiger partial charge < -0.3 is 5.11 Å². The Labute approximate surface area is 74.7 Å². The van der Waals surface area contributed by atoms with Crippen LogP contribution in [0, 0.1) is 0 Å². The Morgan fingerprint density at radius 2 is 2.23 bits per heavy atom. The van der Waals surface area contributed by atoms with Gasteiger partial charge in [0.05, 0.1) is 12.3 Å². The maximum absolute atomic E-state index is 8.74. The van der Waals surface area contributed by atoms with Crippen LogP contribution in [0.4, 0.5) is 0 Å². The molecule has 5 heteroatoms. The highest BCUT2D eigenvalue weighted by molar-refractivity contribution is 5.20. The maximum Gasteiger partial charge on any atom is 0.160 e. The van der Waals surface area contributed by atoms with Crippen molar-refractivity contribution in [1.29, 1.82) is 0 Å². The first-order valence-electron chi connectivity index (χ1n) is 3.82. The van der Waals surface area contributed by atoms with Crippen LogP contribution in [-0.4, -0.2) is 24.9 Å². The molecule has 0 fully saturated rings. The van der Waals surface area contributed by atoms with Crippen molar-refractivity contribution in [3.8, 4) is 5.82 Å². The monoisotopic (exact) mass is 176 g/mol. The Bertz CT molecular complexity index is 368. The lowest BCUT2D eigenvalue weighted by atomic mass is 10.4. The molecule has 2 rings (SSSR count). The minimum Gasteiger partial charge on any atom is -0.390 e. The van der Waals surface area contributed by atoms with Crippen molar-refractivity contribution >= 4 is 0 Å². The largest absolute Gasteiger partial charge is 0.390 e. The summed E-state index contributed by atoms with van der Waals surface area (Å²) in [6.45, 7) is -0.0861. The van der Waals surface area contributed by atoms with Crippen LogP contribution in [0.2, 0.25) is 0 Å². The quantitative estimate of drug-likeness (QED) is 0.707. The van der Waals surface area contributed by atoms with Crippen LogP contribution in [0.5, 0.6) is 0 Å². The second-order valence-corrected chi connectivity index (χ2v) is 2.51. The SMILES string of the molecule is OCc1ccc(-n2ccnc2)nn1. The van der Waals surface area contributed by atoms with Gasteiger partial charge in [0.2, 0.25) is 0 Å². The summed E-state index contributed by atoms with van der Waals surface area (Å²) in [5, 5.41) is 16.4. The minimum absolute atomic E-state index is 0.0861. The zero-order valence-electron chi connectivity index (χ0n) is 6.83. The predicted molar refractivity (Wildman–Crippen MR) is 45.1 cm³/mol. The van der Waals surface area contributed by atoms with Crippen LogP contribution in [0.1, 0.15) is 5.69 Å². The van der Waals surface area contributed by atoms with E-state index in [1.807, 2.05) is 0 Å². The highest BCUT2D eigenvalue weighted by Gasteiger charge is 1.97. The number of aliphatic hydroxyl groups is 1. The first-order valence-corrected chi connectivity index (χ1v) is 3.82. The summed E-state index contributed by atoms with van der Waals surface area (Å²) in [5.41, 5.74) is 0.559. The molecule has 0 radical (unpaired) electrons. The third-order valence-corrected chi connectivity index (χ3v) is 1.64. The molecule has 5 nitrogen and oxygen atoms in total. The highest BCUT2D eigenvalue weighted by atomic mass is 16.3. The normalized spacial score (nSPS) is 10.2. The number of nitrogens with zero attached hydrogens (tertiary/aromatic N) is 4. The Morgan fingerprint density at radius 1 is 1.31 bits per heavy atom. The van der Waals surface area contributed by atoms with Crippen molar-refractivity contribution in [2.24, 2.45) is 0 Å².